The summed E-state index contributed by atoms with van der Waals surface area (Å²) < 4.78 is 20.4. The van der Waals surface area contributed by atoms with Gasteiger partial charge in [0.15, 0.2) is 5.65 Å². The van der Waals surface area contributed by atoms with E-state index in [1.54, 1.807) is 41.1 Å². The van der Waals surface area contributed by atoms with Crippen LogP contribution in [0.4, 0.5) is 4.39 Å². The van der Waals surface area contributed by atoms with Gasteiger partial charge in [-0.05, 0) is 37.1 Å². The molecule has 0 N–H and O–H groups in total. The molecule has 1 fully saturated rings. The van der Waals surface area contributed by atoms with Crippen molar-refractivity contribution in [2.24, 2.45) is 0 Å². The number of halogens is 1. The molecule has 0 aliphatic carbocycles. The highest BCUT2D eigenvalue weighted by molar-refractivity contribution is 7.99. The van der Waals surface area contributed by atoms with Crippen LogP contribution in [0.2, 0.25) is 0 Å². The molecule has 1 saturated heterocycles. The van der Waals surface area contributed by atoms with Crippen molar-refractivity contribution >= 4 is 22.8 Å². The third-order valence-electron chi connectivity index (χ3n) is 3.83. The molecule has 3 aromatic rings. The minimum atomic E-state index is -0.271. The van der Waals surface area contributed by atoms with Gasteiger partial charge in [-0.15, -0.1) is 11.8 Å². The lowest BCUT2D eigenvalue weighted by molar-refractivity contribution is 0.129. The van der Waals surface area contributed by atoms with Crippen LogP contribution in [0.25, 0.3) is 16.7 Å². The molecule has 23 heavy (non-hydrogen) atoms. The number of hydrogen-bond donors (Lipinski definition) is 0. The number of thioether (sulfide) groups is 1. The molecule has 0 radical (unpaired) electrons. The number of ether oxygens (including phenoxy) is 1. The average molecular weight is 330 g/mol. The van der Waals surface area contributed by atoms with Gasteiger partial charge in [0, 0.05) is 12.4 Å². The molecule has 1 aliphatic rings. The van der Waals surface area contributed by atoms with Crippen molar-refractivity contribution in [2.75, 3.05) is 12.4 Å². The minimum Gasteiger partial charge on any atom is -0.377 e. The molecule has 2 aromatic heterocycles. The first-order chi connectivity index (χ1) is 11.3. The second-order valence-corrected chi connectivity index (χ2v) is 6.40. The van der Waals surface area contributed by atoms with E-state index in [9.17, 15) is 4.39 Å². The monoisotopic (exact) mass is 330 g/mol. The molecule has 118 valence electrons. The Hall–Kier alpha value is -1.99. The van der Waals surface area contributed by atoms with Crippen molar-refractivity contribution in [1.29, 1.82) is 0 Å². The van der Waals surface area contributed by atoms with Gasteiger partial charge in [-0.25, -0.2) is 19.0 Å². The van der Waals surface area contributed by atoms with E-state index in [4.69, 9.17) is 4.74 Å². The molecular weight excluding hydrogens is 315 g/mol. The van der Waals surface area contributed by atoms with Crippen molar-refractivity contribution in [2.45, 2.75) is 24.0 Å². The lowest BCUT2D eigenvalue weighted by Gasteiger charge is -2.08. The predicted octanol–water partition coefficient (Wildman–Crippen LogP) is 3.23. The molecule has 0 amide bonds. The van der Waals surface area contributed by atoms with E-state index in [1.807, 2.05) is 0 Å². The molecule has 1 aromatic carbocycles. The van der Waals surface area contributed by atoms with E-state index in [0.717, 1.165) is 46.9 Å². The molecule has 4 rings (SSSR count). The van der Waals surface area contributed by atoms with Gasteiger partial charge in [0.05, 0.1) is 23.4 Å². The lowest BCUT2D eigenvalue weighted by Crippen LogP contribution is -2.08. The molecule has 1 aliphatic heterocycles. The maximum Gasteiger partial charge on any atom is 0.167 e. The lowest BCUT2D eigenvalue weighted by atomic mass is 10.3. The van der Waals surface area contributed by atoms with Gasteiger partial charge in [-0.3, -0.25) is 0 Å². The van der Waals surface area contributed by atoms with Crippen LogP contribution in [0, 0.1) is 5.82 Å². The highest BCUT2D eigenvalue weighted by Crippen LogP contribution is 2.28. The zero-order valence-corrected chi connectivity index (χ0v) is 13.2. The first-order valence-electron chi connectivity index (χ1n) is 7.50. The van der Waals surface area contributed by atoms with E-state index >= 15 is 0 Å². The Kier molecular flexibility index (Phi) is 3.97. The van der Waals surface area contributed by atoms with Crippen LogP contribution in [-0.4, -0.2) is 38.2 Å². The largest absolute Gasteiger partial charge is 0.377 e. The summed E-state index contributed by atoms with van der Waals surface area (Å²) >= 11 is 1.67. The molecule has 0 bridgehead atoms. The summed E-state index contributed by atoms with van der Waals surface area (Å²) in [5, 5.41) is 6.19. The van der Waals surface area contributed by atoms with E-state index in [2.05, 4.69) is 15.1 Å². The molecule has 1 atom stereocenters. The zero-order chi connectivity index (χ0) is 15.6. The second kappa shape index (κ2) is 6.25. The topological polar surface area (TPSA) is 52.8 Å². The smallest absolute Gasteiger partial charge is 0.167 e. The SMILES string of the molecule is Fc1ccc(-n2ncc3c(SCC4CCCO4)ncnc32)cc1. The number of rotatable bonds is 4. The molecule has 0 saturated carbocycles. The van der Waals surface area contributed by atoms with Crippen molar-refractivity contribution < 1.29 is 9.13 Å². The van der Waals surface area contributed by atoms with Crippen LogP contribution in [0.5, 0.6) is 0 Å². The Morgan fingerprint density at radius 1 is 1.26 bits per heavy atom. The zero-order valence-electron chi connectivity index (χ0n) is 12.4. The summed E-state index contributed by atoms with van der Waals surface area (Å²) in [6.07, 6.45) is 5.85. The number of nitrogens with zero attached hydrogens (tertiary/aromatic N) is 4. The van der Waals surface area contributed by atoms with Gasteiger partial charge < -0.3 is 4.74 Å². The number of benzene rings is 1. The Labute approximate surface area is 136 Å². The van der Waals surface area contributed by atoms with Gasteiger partial charge in [-0.1, -0.05) is 0 Å². The van der Waals surface area contributed by atoms with Crippen LogP contribution >= 0.6 is 11.8 Å². The Balaban J connectivity index is 1.64. The van der Waals surface area contributed by atoms with Crippen molar-refractivity contribution in [3.8, 4) is 5.69 Å². The minimum absolute atomic E-state index is 0.271. The quantitative estimate of drug-likeness (QED) is 0.543. The standard InChI is InChI=1S/C16H15FN4OS/c17-11-3-5-12(6-4-11)21-15-14(8-20-21)16(19-10-18-15)23-9-13-2-1-7-22-13/h3-6,8,10,13H,1-2,7,9H2. The van der Waals surface area contributed by atoms with Crippen LogP contribution in [0.1, 0.15) is 12.8 Å². The summed E-state index contributed by atoms with van der Waals surface area (Å²) in [6.45, 7) is 0.854. The van der Waals surface area contributed by atoms with Crippen molar-refractivity contribution in [3.63, 3.8) is 0 Å². The van der Waals surface area contributed by atoms with Crippen molar-refractivity contribution in [1.82, 2.24) is 19.7 Å². The normalized spacial score (nSPS) is 17.9. The predicted molar refractivity (Wildman–Crippen MR) is 86.3 cm³/mol. The van der Waals surface area contributed by atoms with Gasteiger partial charge in [0.2, 0.25) is 0 Å². The van der Waals surface area contributed by atoms with Crippen LogP contribution in [0.3, 0.4) is 0 Å². The Morgan fingerprint density at radius 2 is 2.13 bits per heavy atom. The second-order valence-electron chi connectivity index (χ2n) is 5.39. The van der Waals surface area contributed by atoms with Crippen LogP contribution in [0.15, 0.2) is 41.8 Å². The van der Waals surface area contributed by atoms with Gasteiger partial charge >= 0.3 is 0 Å². The molecular formula is C16H15FN4OS. The fraction of sp³-hybridized carbons (Fsp3) is 0.312. The number of fused-ring (bicyclic) bond motifs is 1. The summed E-state index contributed by atoms with van der Waals surface area (Å²) in [5.41, 5.74) is 1.50. The maximum atomic E-state index is 13.1. The van der Waals surface area contributed by atoms with Gasteiger partial charge in [0.1, 0.15) is 17.2 Å². The number of aromatic nitrogens is 4. The van der Waals surface area contributed by atoms with Crippen molar-refractivity contribution in [3.05, 3.63) is 42.6 Å². The van der Waals surface area contributed by atoms with Gasteiger partial charge in [0.25, 0.3) is 0 Å². The maximum absolute atomic E-state index is 13.1. The fourth-order valence-electron chi connectivity index (χ4n) is 2.66. The number of hydrogen-bond acceptors (Lipinski definition) is 5. The summed E-state index contributed by atoms with van der Waals surface area (Å²) in [6, 6.07) is 6.19. The van der Waals surface area contributed by atoms with E-state index < -0.39 is 0 Å². The molecule has 1 unspecified atom stereocenters. The van der Waals surface area contributed by atoms with Crippen LogP contribution in [-0.2, 0) is 4.74 Å². The highest BCUT2D eigenvalue weighted by Gasteiger charge is 2.18. The summed E-state index contributed by atoms with van der Waals surface area (Å²) in [7, 11) is 0. The first-order valence-corrected chi connectivity index (χ1v) is 8.49. The van der Waals surface area contributed by atoms with E-state index in [1.165, 1.54) is 12.1 Å². The summed E-state index contributed by atoms with van der Waals surface area (Å²) in [5.74, 6) is 0.612. The van der Waals surface area contributed by atoms with Crippen LogP contribution < -0.4 is 0 Å². The molecule has 5 nitrogen and oxygen atoms in total. The van der Waals surface area contributed by atoms with Gasteiger partial charge in [-0.2, -0.15) is 5.10 Å². The molecule has 3 heterocycles. The Bertz CT molecular complexity index is 815. The van der Waals surface area contributed by atoms with E-state index in [-0.39, 0.29) is 5.82 Å². The molecule has 0 spiro atoms. The average Bonchev–Trinajstić information content (AvgIpc) is 3.23. The first kappa shape index (κ1) is 14.6. The third kappa shape index (κ3) is 2.94. The third-order valence-corrected chi connectivity index (χ3v) is 4.97. The Morgan fingerprint density at radius 3 is 2.91 bits per heavy atom. The highest BCUT2D eigenvalue weighted by atomic mass is 32.2. The van der Waals surface area contributed by atoms with E-state index in [0.29, 0.717) is 6.10 Å². The molecule has 7 heteroatoms. The fourth-order valence-corrected chi connectivity index (χ4v) is 3.68. The summed E-state index contributed by atoms with van der Waals surface area (Å²) in [4.78, 5) is 8.70.